The number of carbonyl (C=O) groups excluding carboxylic acids is 1. The highest BCUT2D eigenvalue weighted by atomic mass is 79.9. The summed E-state index contributed by atoms with van der Waals surface area (Å²) in [6.45, 7) is 4.34. The summed E-state index contributed by atoms with van der Waals surface area (Å²) in [5.41, 5.74) is 0.636. The molecule has 0 aliphatic carbocycles. The molecule has 0 saturated carbocycles. The van der Waals surface area contributed by atoms with Crippen LogP contribution in [-0.4, -0.2) is 23.7 Å². The number of carbonyl (C=O) groups is 1. The number of halogens is 1. The summed E-state index contributed by atoms with van der Waals surface area (Å²) in [5, 5.41) is 12.1. The summed E-state index contributed by atoms with van der Waals surface area (Å²) < 4.78 is 0.792. The molecule has 1 rings (SSSR count). The van der Waals surface area contributed by atoms with Gasteiger partial charge in [0.05, 0.1) is 11.7 Å². The van der Waals surface area contributed by atoms with Crippen molar-refractivity contribution in [1.82, 2.24) is 5.32 Å². The van der Waals surface area contributed by atoms with Crippen molar-refractivity contribution >= 4 is 21.8 Å². The maximum absolute atomic E-state index is 11.9. The first-order valence-electron chi connectivity index (χ1n) is 5.71. The molecule has 0 fully saturated rings. The van der Waals surface area contributed by atoms with Crippen molar-refractivity contribution < 1.29 is 9.90 Å². The predicted octanol–water partition coefficient (Wildman–Crippen LogP) is 2.59. The van der Waals surface area contributed by atoms with Gasteiger partial charge in [-0.1, -0.05) is 19.1 Å². The van der Waals surface area contributed by atoms with E-state index in [-0.39, 0.29) is 17.9 Å². The molecule has 0 radical (unpaired) electrons. The van der Waals surface area contributed by atoms with Gasteiger partial charge in [-0.3, -0.25) is 4.79 Å². The number of aliphatic hydroxyl groups is 1. The van der Waals surface area contributed by atoms with Gasteiger partial charge in [-0.25, -0.2) is 0 Å². The van der Waals surface area contributed by atoms with E-state index in [1.165, 1.54) is 0 Å². The van der Waals surface area contributed by atoms with Crippen LogP contribution in [0.1, 0.15) is 30.6 Å². The van der Waals surface area contributed by atoms with E-state index in [0.29, 0.717) is 18.5 Å². The maximum atomic E-state index is 11.9. The first-order valence-corrected chi connectivity index (χ1v) is 6.50. The van der Waals surface area contributed by atoms with Crippen LogP contribution in [0.2, 0.25) is 0 Å². The van der Waals surface area contributed by atoms with E-state index in [4.69, 9.17) is 0 Å². The molecular formula is C13H18BrNO2. The fraction of sp³-hybridized carbons (Fsp3) is 0.462. The molecule has 17 heavy (non-hydrogen) atoms. The highest BCUT2D eigenvalue weighted by molar-refractivity contribution is 9.10. The Morgan fingerprint density at radius 3 is 2.65 bits per heavy atom. The topological polar surface area (TPSA) is 49.3 Å². The number of benzene rings is 1. The molecule has 0 heterocycles. The summed E-state index contributed by atoms with van der Waals surface area (Å²) >= 11 is 3.34. The molecule has 0 bridgehead atoms. The van der Waals surface area contributed by atoms with Gasteiger partial charge in [-0.05, 0) is 47.3 Å². The Morgan fingerprint density at radius 1 is 1.41 bits per heavy atom. The molecule has 4 heteroatoms. The molecule has 0 spiro atoms. The Bertz CT molecular complexity index is 379. The molecule has 1 aromatic rings. The first-order chi connectivity index (χ1) is 8.00. The molecule has 94 valence electrons. The SMILES string of the molecule is CC(O)CC(C)CNC(=O)c1ccccc1Br. The molecule has 1 amide bonds. The molecule has 3 nitrogen and oxygen atoms in total. The Hall–Kier alpha value is -0.870. The Kier molecular flexibility index (Phi) is 5.65. The van der Waals surface area contributed by atoms with Gasteiger partial charge in [0, 0.05) is 11.0 Å². The largest absolute Gasteiger partial charge is 0.393 e. The van der Waals surface area contributed by atoms with E-state index >= 15 is 0 Å². The van der Waals surface area contributed by atoms with Crippen LogP contribution in [0.25, 0.3) is 0 Å². The van der Waals surface area contributed by atoms with Crippen LogP contribution in [0.5, 0.6) is 0 Å². The molecule has 2 N–H and O–H groups in total. The smallest absolute Gasteiger partial charge is 0.252 e. The van der Waals surface area contributed by atoms with Gasteiger partial charge in [0.15, 0.2) is 0 Å². The zero-order valence-corrected chi connectivity index (χ0v) is 11.7. The van der Waals surface area contributed by atoms with E-state index in [1.807, 2.05) is 25.1 Å². The van der Waals surface area contributed by atoms with Gasteiger partial charge < -0.3 is 10.4 Å². The van der Waals surface area contributed by atoms with Crippen molar-refractivity contribution in [1.29, 1.82) is 0 Å². The Morgan fingerprint density at radius 2 is 2.06 bits per heavy atom. The molecule has 2 unspecified atom stereocenters. The van der Waals surface area contributed by atoms with E-state index in [1.54, 1.807) is 13.0 Å². The van der Waals surface area contributed by atoms with Crippen molar-refractivity contribution in [3.05, 3.63) is 34.3 Å². The number of aliphatic hydroxyl groups excluding tert-OH is 1. The van der Waals surface area contributed by atoms with Gasteiger partial charge >= 0.3 is 0 Å². The van der Waals surface area contributed by atoms with Crippen LogP contribution in [0.15, 0.2) is 28.7 Å². The fourth-order valence-corrected chi connectivity index (χ4v) is 2.14. The summed E-state index contributed by atoms with van der Waals surface area (Å²) in [4.78, 5) is 11.9. The third-order valence-corrected chi connectivity index (χ3v) is 3.16. The summed E-state index contributed by atoms with van der Waals surface area (Å²) in [6.07, 6.45) is 0.362. The molecule has 0 aromatic heterocycles. The van der Waals surface area contributed by atoms with Gasteiger partial charge in [-0.15, -0.1) is 0 Å². The lowest BCUT2D eigenvalue weighted by Crippen LogP contribution is -2.29. The van der Waals surface area contributed by atoms with Crippen molar-refractivity contribution in [3.63, 3.8) is 0 Å². The number of nitrogens with one attached hydrogen (secondary N) is 1. The zero-order valence-electron chi connectivity index (χ0n) is 10.1. The highest BCUT2D eigenvalue weighted by Crippen LogP contribution is 2.15. The minimum atomic E-state index is -0.328. The molecule has 1 aromatic carbocycles. The lowest BCUT2D eigenvalue weighted by Gasteiger charge is -2.14. The van der Waals surface area contributed by atoms with Crippen LogP contribution < -0.4 is 5.32 Å². The monoisotopic (exact) mass is 299 g/mol. The van der Waals surface area contributed by atoms with E-state index in [2.05, 4.69) is 21.2 Å². The maximum Gasteiger partial charge on any atom is 0.252 e. The molecular weight excluding hydrogens is 282 g/mol. The summed E-state index contributed by atoms with van der Waals surface area (Å²) in [7, 11) is 0. The predicted molar refractivity (Wildman–Crippen MR) is 71.9 cm³/mol. The molecule has 0 aliphatic rings. The highest BCUT2D eigenvalue weighted by Gasteiger charge is 2.11. The first kappa shape index (κ1) is 14.2. The van der Waals surface area contributed by atoms with Crippen LogP contribution in [0, 0.1) is 5.92 Å². The Labute approximate surface area is 110 Å². The van der Waals surface area contributed by atoms with Crippen molar-refractivity contribution in [2.75, 3.05) is 6.54 Å². The molecule has 0 aliphatic heterocycles. The second-order valence-electron chi connectivity index (χ2n) is 4.38. The normalized spacial score (nSPS) is 14.1. The quantitative estimate of drug-likeness (QED) is 0.878. The number of rotatable bonds is 5. The number of amides is 1. The van der Waals surface area contributed by atoms with Gasteiger partial charge in [0.1, 0.15) is 0 Å². The Balaban J connectivity index is 2.48. The second-order valence-corrected chi connectivity index (χ2v) is 5.23. The fourth-order valence-electron chi connectivity index (χ4n) is 1.67. The average Bonchev–Trinajstić information content (AvgIpc) is 2.25. The minimum Gasteiger partial charge on any atom is -0.393 e. The van der Waals surface area contributed by atoms with Crippen LogP contribution in [-0.2, 0) is 0 Å². The van der Waals surface area contributed by atoms with E-state index < -0.39 is 0 Å². The molecule has 2 atom stereocenters. The van der Waals surface area contributed by atoms with Crippen LogP contribution in [0.3, 0.4) is 0 Å². The van der Waals surface area contributed by atoms with Gasteiger partial charge in [0.25, 0.3) is 5.91 Å². The van der Waals surface area contributed by atoms with Gasteiger partial charge in [-0.2, -0.15) is 0 Å². The standard InChI is InChI=1S/C13H18BrNO2/c1-9(7-10(2)16)8-15-13(17)11-5-3-4-6-12(11)14/h3-6,9-10,16H,7-8H2,1-2H3,(H,15,17). The number of hydrogen-bond acceptors (Lipinski definition) is 2. The minimum absolute atomic E-state index is 0.0880. The average molecular weight is 300 g/mol. The second kappa shape index (κ2) is 6.77. The van der Waals surface area contributed by atoms with E-state index in [9.17, 15) is 9.90 Å². The lowest BCUT2D eigenvalue weighted by atomic mass is 10.0. The van der Waals surface area contributed by atoms with Crippen LogP contribution >= 0.6 is 15.9 Å². The number of hydrogen-bond donors (Lipinski definition) is 2. The lowest BCUT2D eigenvalue weighted by molar-refractivity contribution is 0.0938. The van der Waals surface area contributed by atoms with E-state index in [0.717, 1.165) is 4.47 Å². The van der Waals surface area contributed by atoms with Crippen molar-refractivity contribution in [3.8, 4) is 0 Å². The third-order valence-electron chi connectivity index (χ3n) is 2.47. The van der Waals surface area contributed by atoms with Gasteiger partial charge in [0.2, 0.25) is 0 Å². The van der Waals surface area contributed by atoms with Crippen molar-refractivity contribution in [2.24, 2.45) is 5.92 Å². The van der Waals surface area contributed by atoms with Crippen molar-refractivity contribution in [2.45, 2.75) is 26.4 Å². The summed E-state index contributed by atoms with van der Waals surface area (Å²) in [6, 6.07) is 7.32. The third kappa shape index (κ3) is 4.88. The molecule has 0 saturated heterocycles. The van der Waals surface area contributed by atoms with Crippen LogP contribution in [0.4, 0.5) is 0 Å². The zero-order chi connectivity index (χ0) is 12.8. The summed E-state index contributed by atoms with van der Waals surface area (Å²) in [5.74, 6) is 0.177.